The third-order valence-corrected chi connectivity index (χ3v) is 2.97. The van der Waals surface area contributed by atoms with Gasteiger partial charge < -0.3 is 10.2 Å². The zero-order chi connectivity index (χ0) is 12.3. The first-order chi connectivity index (χ1) is 8.24. The van der Waals surface area contributed by atoms with E-state index in [2.05, 4.69) is 22.0 Å². The summed E-state index contributed by atoms with van der Waals surface area (Å²) in [5.41, 5.74) is 8.31. The molecule has 2 N–H and O–H groups in total. The van der Waals surface area contributed by atoms with E-state index < -0.39 is 0 Å². The average Bonchev–Trinajstić information content (AvgIpc) is 2.77. The van der Waals surface area contributed by atoms with Gasteiger partial charge in [-0.1, -0.05) is 30.3 Å². The van der Waals surface area contributed by atoms with Crippen LogP contribution in [-0.2, 0) is 0 Å². The Bertz CT molecular complexity index is 593. The molecule has 2 rings (SSSR count). The van der Waals surface area contributed by atoms with Crippen molar-refractivity contribution < 1.29 is 4.42 Å². The van der Waals surface area contributed by atoms with Gasteiger partial charge in [-0.2, -0.15) is 5.26 Å². The number of nitrogens with two attached hydrogens (primary N) is 1. The van der Waals surface area contributed by atoms with E-state index in [1.807, 2.05) is 30.3 Å². The second kappa shape index (κ2) is 4.89. The fourth-order valence-electron chi connectivity index (χ4n) is 1.51. The van der Waals surface area contributed by atoms with Gasteiger partial charge in [-0.3, -0.25) is 0 Å². The highest BCUT2D eigenvalue weighted by Gasteiger charge is 2.12. The SMILES string of the molecule is N#C/C(=C(/N)c1ccoc1Br)c1ccccc1. The van der Waals surface area contributed by atoms with Gasteiger partial charge in [0.2, 0.25) is 0 Å². The molecule has 0 aliphatic carbocycles. The van der Waals surface area contributed by atoms with Gasteiger partial charge in [0, 0.05) is 0 Å². The van der Waals surface area contributed by atoms with Gasteiger partial charge in [0.1, 0.15) is 6.07 Å². The highest BCUT2D eigenvalue weighted by molar-refractivity contribution is 9.10. The lowest BCUT2D eigenvalue weighted by Gasteiger charge is -2.04. The maximum Gasteiger partial charge on any atom is 0.178 e. The average molecular weight is 289 g/mol. The van der Waals surface area contributed by atoms with Crippen molar-refractivity contribution in [2.75, 3.05) is 0 Å². The van der Waals surface area contributed by atoms with Crippen molar-refractivity contribution in [2.24, 2.45) is 5.73 Å². The van der Waals surface area contributed by atoms with Crippen LogP contribution in [0, 0.1) is 11.3 Å². The molecule has 0 radical (unpaired) electrons. The van der Waals surface area contributed by atoms with Gasteiger partial charge in [0.25, 0.3) is 0 Å². The number of rotatable bonds is 2. The summed E-state index contributed by atoms with van der Waals surface area (Å²) in [5, 5.41) is 9.21. The third kappa shape index (κ3) is 2.24. The van der Waals surface area contributed by atoms with E-state index >= 15 is 0 Å². The van der Waals surface area contributed by atoms with Crippen molar-refractivity contribution in [2.45, 2.75) is 0 Å². The van der Waals surface area contributed by atoms with Crippen LogP contribution in [0.15, 0.2) is 51.7 Å². The fraction of sp³-hybridized carbons (Fsp3) is 0. The van der Waals surface area contributed by atoms with Crippen LogP contribution in [0.25, 0.3) is 11.3 Å². The van der Waals surface area contributed by atoms with Gasteiger partial charge >= 0.3 is 0 Å². The molecule has 1 heterocycles. The Hall–Kier alpha value is -1.99. The molecule has 0 amide bonds. The molecule has 0 bridgehead atoms. The van der Waals surface area contributed by atoms with E-state index in [4.69, 9.17) is 10.2 Å². The summed E-state index contributed by atoms with van der Waals surface area (Å²) in [6, 6.07) is 13.2. The molecular formula is C13H9BrN2O. The molecule has 0 atom stereocenters. The first-order valence-corrected chi connectivity index (χ1v) is 5.72. The highest BCUT2D eigenvalue weighted by Crippen LogP contribution is 2.28. The number of furan rings is 1. The Morgan fingerprint density at radius 1 is 1.24 bits per heavy atom. The van der Waals surface area contributed by atoms with Crippen molar-refractivity contribution in [3.63, 3.8) is 0 Å². The summed E-state index contributed by atoms with van der Waals surface area (Å²) in [6.07, 6.45) is 1.52. The molecule has 3 nitrogen and oxygen atoms in total. The van der Waals surface area contributed by atoms with E-state index in [1.165, 1.54) is 6.26 Å². The second-order valence-corrected chi connectivity index (χ2v) is 4.09. The number of hydrogen-bond acceptors (Lipinski definition) is 3. The number of nitrogens with zero attached hydrogens (tertiary/aromatic N) is 1. The summed E-state index contributed by atoms with van der Waals surface area (Å²) < 4.78 is 5.64. The monoisotopic (exact) mass is 288 g/mol. The van der Waals surface area contributed by atoms with E-state index in [0.29, 0.717) is 21.5 Å². The Morgan fingerprint density at radius 3 is 2.47 bits per heavy atom. The van der Waals surface area contributed by atoms with Crippen molar-refractivity contribution >= 4 is 27.2 Å². The largest absolute Gasteiger partial charge is 0.457 e. The van der Waals surface area contributed by atoms with Gasteiger partial charge in [0.05, 0.1) is 23.1 Å². The Kier molecular flexibility index (Phi) is 3.31. The maximum atomic E-state index is 9.21. The molecule has 1 aromatic carbocycles. The summed E-state index contributed by atoms with van der Waals surface area (Å²) in [5.74, 6) is 0. The van der Waals surface area contributed by atoms with Gasteiger partial charge in [-0.15, -0.1) is 0 Å². The van der Waals surface area contributed by atoms with E-state index in [9.17, 15) is 5.26 Å². The molecule has 0 saturated carbocycles. The highest BCUT2D eigenvalue weighted by atomic mass is 79.9. The van der Waals surface area contributed by atoms with Crippen molar-refractivity contribution in [1.82, 2.24) is 0 Å². The third-order valence-electron chi connectivity index (χ3n) is 2.35. The minimum Gasteiger partial charge on any atom is -0.457 e. The number of halogens is 1. The van der Waals surface area contributed by atoms with Crippen molar-refractivity contribution in [3.8, 4) is 6.07 Å². The van der Waals surface area contributed by atoms with Crippen molar-refractivity contribution in [3.05, 3.63) is 58.5 Å². The molecule has 4 heteroatoms. The molecule has 84 valence electrons. The van der Waals surface area contributed by atoms with Crippen LogP contribution in [0.1, 0.15) is 11.1 Å². The van der Waals surface area contributed by atoms with Crippen LogP contribution in [0.2, 0.25) is 0 Å². The first-order valence-electron chi connectivity index (χ1n) is 4.92. The fourth-order valence-corrected chi connectivity index (χ4v) is 1.96. The molecule has 0 spiro atoms. The lowest BCUT2D eigenvalue weighted by Crippen LogP contribution is -2.00. The molecule has 0 unspecified atom stereocenters. The topological polar surface area (TPSA) is 63.0 Å². The quantitative estimate of drug-likeness (QED) is 0.862. The summed E-state index contributed by atoms with van der Waals surface area (Å²) in [6.45, 7) is 0. The Morgan fingerprint density at radius 2 is 1.94 bits per heavy atom. The smallest absolute Gasteiger partial charge is 0.178 e. The molecule has 0 aliphatic rings. The Labute approximate surface area is 107 Å². The van der Waals surface area contributed by atoms with Crippen LogP contribution in [0.4, 0.5) is 0 Å². The van der Waals surface area contributed by atoms with Gasteiger partial charge in [-0.25, -0.2) is 0 Å². The van der Waals surface area contributed by atoms with Crippen molar-refractivity contribution in [1.29, 1.82) is 5.26 Å². The predicted octanol–water partition coefficient (Wildman–Crippen LogP) is 3.39. The zero-order valence-electron chi connectivity index (χ0n) is 8.85. The van der Waals surface area contributed by atoms with Crippen LogP contribution >= 0.6 is 15.9 Å². The van der Waals surface area contributed by atoms with E-state index in [-0.39, 0.29) is 0 Å². The number of hydrogen-bond donors (Lipinski definition) is 1. The van der Waals surface area contributed by atoms with Gasteiger partial charge in [0.15, 0.2) is 4.67 Å². The standard InChI is InChI=1S/C13H9BrN2O/c14-13-10(6-7-17-13)12(16)11(8-15)9-4-2-1-3-5-9/h1-7H,16H2/b12-11-. The minimum absolute atomic E-state index is 0.402. The maximum absolute atomic E-state index is 9.21. The number of benzene rings is 1. The normalized spacial score (nSPS) is 11.8. The van der Waals surface area contributed by atoms with Crippen LogP contribution in [0.5, 0.6) is 0 Å². The molecule has 0 aliphatic heterocycles. The molecule has 2 aromatic rings. The first kappa shape index (κ1) is 11.5. The van der Waals surface area contributed by atoms with Gasteiger partial charge in [-0.05, 0) is 27.6 Å². The molecule has 1 aromatic heterocycles. The summed E-state index contributed by atoms with van der Waals surface area (Å²) in [4.78, 5) is 0. The lowest BCUT2D eigenvalue weighted by atomic mass is 10.0. The molecule has 0 fully saturated rings. The summed E-state index contributed by atoms with van der Waals surface area (Å²) in [7, 11) is 0. The van der Waals surface area contributed by atoms with Crippen LogP contribution in [0.3, 0.4) is 0 Å². The Balaban J connectivity index is 2.57. The summed E-state index contributed by atoms with van der Waals surface area (Å²) >= 11 is 3.25. The van der Waals surface area contributed by atoms with E-state index in [0.717, 1.165) is 5.56 Å². The predicted molar refractivity (Wildman–Crippen MR) is 69.5 cm³/mol. The molecular weight excluding hydrogens is 280 g/mol. The minimum atomic E-state index is 0.402. The molecule has 17 heavy (non-hydrogen) atoms. The van der Waals surface area contributed by atoms with Crippen LogP contribution < -0.4 is 5.73 Å². The van der Waals surface area contributed by atoms with E-state index in [1.54, 1.807) is 6.07 Å². The molecule has 0 saturated heterocycles. The zero-order valence-corrected chi connectivity index (χ0v) is 10.4. The number of nitriles is 1. The number of allylic oxidation sites excluding steroid dienone is 1. The van der Waals surface area contributed by atoms with Crippen LogP contribution in [-0.4, -0.2) is 0 Å². The lowest BCUT2D eigenvalue weighted by molar-refractivity contribution is 0.540. The second-order valence-electron chi connectivity index (χ2n) is 3.37.